The quantitative estimate of drug-likeness (QED) is 0.853. The Morgan fingerprint density at radius 3 is 2.58 bits per heavy atom. The molecule has 6 heteroatoms. The largest absolute Gasteiger partial charge is 0.497 e. The normalized spacial score (nSPS) is 26.5. The molecule has 0 radical (unpaired) electrons. The highest BCUT2D eigenvalue weighted by Crippen LogP contribution is 2.45. The van der Waals surface area contributed by atoms with E-state index in [9.17, 15) is 14.7 Å². The van der Waals surface area contributed by atoms with Gasteiger partial charge in [-0.25, -0.2) is 4.79 Å². The number of carbonyl (C=O) groups is 2. The molecule has 1 aromatic rings. The standard InChI is InChI=1S/C18H20O6/c1-22-12-8-6-11(7-9-12)13-10-18(21,17(20)23-2)24-15-5-3-4-14(19)16(13)15/h6-9,13,21H,3-5,10H2,1-2H3/t13-,18?/m1/s1. The van der Waals surface area contributed by atoms with Crippen LogP contribution in [0.25, 0.3) is 0 Å². The number of carbonyl (C=O) groups excluding carboxylic acids is 2. The molecule has 3 rings (SSSR count). The van der Waals surface area contributed by atoms with Gasteiger partial charge >= 0.3 is 11.8 Å². The van der Waals surface area contributed by atoms with Crippen molar-refractivity contribution in [2.24, 2.45) is 0 Å². The number of benzene rings is 1. The van der Waals surface area contributed by atoms with Crippen molar-refractivity contribution >= 4 is 11.8 Å². The molecule has 0 aromatic heterocycles. The van der Waals surface area contributed by atoms with E-state index in [1.807, 2.05) is 12.1 Å². The average molecular weight is 332 g/mol. The summed E-state index contributed by atoms with van der Waals surface area (Å²) in [5, 5.41) is 10.6. The van der Waals surface area contributed by atoms with Gasteiger partial charge in [0.05, 0.1) is 14.2 Å². The predicted molar refractivity (Wildman–Crippen MR) is 84.3 cm³/mol. The van der Waals surface area contributed by atoms with Crippen molar-refractivity contribution in [3.8, 4) is 5.75 Å². The summed E-state index contributed by atoms with van der Waals surface area (Å²) in [6.07, 6.45) is 1.55. The molecule has 1 unspecified atom stereocenters. The van der Waals surface area contributed by atoms with Crippen molar-refractivity contribution in [1.29, 1.82) is 0 Å². The minimum atomic E-state index is -2.07. The molecule has 0 spiro atoms. The monoisotopic (exact) mass is 332 g/mol. The van der Waals surface area contributed by atoms with E-state index in [1.165, 1.54) is 7.11 Å². The molecule has 0 saturated carbocycles. The first-order valence-electron chi connectivity index (χ1n) is 7.88. The molecule has 0 fully saturated rings. The van der Waals surface area contributed by atoms with Crippen molar-refractivity contribution in [2.75, 3.05) is 14.2 Å². The molecular weight excluding hydrogens is 312 g/mol. The Kier molecular flexibility index (Phi) is 4.32. The van der Waals surface area contributed by atoms with Crippen molar-refractivity contribution in [1.82, 2.24) is 0 Å². The van der Waals surface area contributed by atoms with E-state index in [1.54, 1.807) is 19.2 Å². The number of Topliss-reactive ketones (excluding diaryl/α,β-unsaturated/α-hetero) is 1. The van der Waals surface area contributed by atoms with Crippen molar-refractivity contribution in [3.63, 3.8) is 0 Å². The van der Waals surface area contributed by atoms with Crippen molar-refractivity contribution < 1.29 is 28.9 Å². The van der Waals surface area contributed by atoms with Crippen LogP contribution in [0, 0.1) is 0 Å². The summed E-state index contributed by atoms with van der Waals surface area (Å²) in [6.45, 7) is 0. The van der Waals surface area contributed by atoms with E-state index < -0.39 is 17.7 Å². The maximum atomic E-state index is 12.4. The van der Waals surface area contributed by atoms with Crippen LogP contribution in [0.3, 0.4) is 0 Å². The van der Waals surface area contributed by atoms with Gasteiger partial charge in [-0.2, -0.15) is 0 Å². The van der Waals surface area contributed by atoms with Crippen LogP contribution in [0.15, 0.2) is 35.6 Å². The topological polar surface area (TPSA) is 82.1 Å². The van der Waals surface area contributed by atoms with E-state index in [0.29, 0.717) is 36.3 Å². The third-order valence-electron chi connectivity index (χ3n) is 4.55. The molecule has 128 valence electrons. The zero-order chi connectivity index (χ0) is 17.3. The van der Waals surface area contributed by atoms with Crippen LogP contribution in [-0.2, 0) is 19.1 Å². The summed E-state index contributed by atoms with van der Waals surface area (Å²) in [7, 11) is 2.77. The summed E-state index contributed by atoms with van der Waals surface area (Å²) in [6, 6.07) is 7.24. The number of rotatable bonds is 3. The summed E-state index contributed by atoms with van der Waals surface area (Å²) < 4.78 is 15.3. The number of methoxy groups -OCH3 is 2. The van der Waals surface area contributed by atoms with Crippen molar-refractivity contribution in [2.45, 2.75) is 37.4 Å². The van der Waals surface area contributed by atoms with E-state index in [4.69, 9.17) is 9.47 Å². The average Bonchev–Trinajstić information content (AvgIpc) is 2.60. The molecule has 1 heterocycles. The first kappa shape index (κ1) is 16.5. The second-order valence-electron chi connectivity index (χ2n) is 6.02. The number of aliphatic hydroxyl groups is 1. The van der Waals surface area contributed by atoms with Crippen LogP contribution in [0.1, 0.15) is 37.2 Å². The van der Waals surface area contributed by atoms with Gasteiger partial charge in [-0.05, 0) is 24.1 Å². The van der Waals surface area contributed by atoms with E-state index >= 15 is 0 Å². The van der Waals surface area contributed by atoms with E-state index in [2.05, 4.69) is 4.74 Å². The van der Waals surface area contributed by atoms with Crippen LogP contribution < -0.4 is 4.74 Å². The highest BCUT2D eigenvalue weighted by atomic mass is 16.7. The smallest absolute Gasteiger partial charge is 0.379 e. The fourth-order valence-corrected chi connectivity index (χ4v) is 3.36. The fourth-order valence-electron chi connectivity index (χ4n) is 3.36. The lowest BCUT2D eigenvalue weighted by Crippen LogP contribution is -2.47. The van der Waals surface area contributed by atoms with Gasteiger partial charge in [0.15, 0.2) is 5.78 Å². The molecule has 2 atom stereocenters. The van der Waals surface area contributed by atoms with Gasteiger partial charge in [0, 0.05) is 30.8 Å². The lowest BCUT2D eigenvalue weighted by atomic mass is 9.77. The Balaban J connectivity index is 2.05. The lowest BCUT2D eigenvalue weighted by molar-refractivity contribution is -0.222. The summed E-state index contributed by atoms with van der Waals surface area (Å²) >= 11 is 0. The number of ketones is 1. The van der Waals surface area contributed by atoms with E-state index in [0.717, 1.165) is 5.56 Å². The highest BCUT2D eigenvalue weighted by Gasteiger charge is 2.50. The maximum absolute atomic E-state index is 12.4. The van der Waals surface area contributed by atoms with Gasteiger partial charge in [-0.3, -0.25) is 4.79 Å². The molecule has 0 saturated heterocycles. The number of allylic oxidation sites excluding steroid dienone is 2. The number of hydrogen-bond acceptors (Lipinski definition) is 6. The van der Waals surface area contributed by atoms with Crippen LogP contribution >= 0.6 is 0 Å². The third kappa shape index (κ3) is 2.78. The zero-order valence-electron chi connectivity index (χ0n) is 13.7. The zero-order valence-corrected chi connectivity index (χ0v) is 13.7. The van der Waals surface area contributed by atoms with Crippen LogP contribution in [0.5, 0.6) is 5.75 Å². The molecule has 1 aliphatic carbocycles. The Morgan fingerprint density at radius 1 is 1.25 bits per heavy atom. The van der Waals surface area contributed by atoms with Gasteiger partial charge in [0.1, 0.15) is 11.5 Å². The first-order valence-corrected chi connectivity index (χ1v) is 7.88. The summed E-state index contributed by atoms with van der Waals surface area (Å²) in [5.41, 5.74) is 1.38. The molecule has 0 amide bonds. The van der Waals surface area contributed by atoms with Crippen molar-refractivity contribution in [3.05, 3.63) is 41.2 Å². The van der Waals surface area contributed by atoms with Gasteiger partial charge < -0.3 is 19.3 Å². The molecule has 1 N–H and O–H groups in total. The van der Waals surface area contributed by atoms with E-state index in [-0.39, 0.29) is 12.2 Å². The second-order valence-corrected chi connectivity index (χ2v) is 6.02. The van der Waals surface area contributed by atoms with Crippen LogP contribution in [0.4, 0.5) is 0 Å². The maximum Gasteiger partial charge on any atom is 0.379 e. The lowest BCUT2D eigenvalue weighted by Gasteiger charge is -2.39. The molecule has 6 nitrogen and oxygen atoms in total. The minimum absolute atomic E-state index is 0.00369. The van der Waals surface area contributed by atoms with Crippen LogP contribution in [0.2, 0.25) is 0 Å². The highest BCUT2D eigenvalue weighted by molar-refractivity contribution is 5.98. The molecule has 1 aliphatic heterocycles. The Hall–Kier alpha value is -2.34. The Labute approximate surface area is 140 Å². The fraction of sp³-hybridized carbons (Fsp3) is 0.444. The number of hydrogen-bond donors (Lipinski definition) is 1. The Morgan fingerprint density at radius 2 is 1.96 bits per heavy atom. The number of ether oxygens (including phenoxy) is 3. The third-order valence-corrected chi connectivity index (χ3v) is 4.55. The van der Waals surface area contributed by atoms with Gasteiger partial charge in [-0.15, -0.1) is 0 Å². The SMILES string of the molecule is COC(=O)C1(O)C[C@H](c2ccc(OC)cc2)C2=C(CCCC2=O)O1. The molecule has 1 aromatic carbocycles. The Bertz CT molecular complexity index is 690. The number of esters is 1. The van der Waals surface area contributed by atoms with Gasteiger partial charge in [-0.1, -0.05) is 12.1 Å². The van der Waals surface area contributed by atoms with Crippen LogP contribution in [-0.4, -0.2) is 36.9 Å². The second kappa shape index (κ2) is 6.28. The summed E-state index contributed by atoms with van der Waals surface area (Å²) in [5.74, 6) is -2.26. The predicted octanol–water partition coefficient (Wildman–Crippen LogP) is 2.07. The van der Waals surface area contributed by atoms with Gasteiger partial charge in [0.25, 0.3) is 0 Å². The molecular formula is C18H20O6. The summed E-state index contributed by atoms with van der Waals surface area (Å²) in [4.78, 5) is 24.4. The van der Waals surface area contributed by atoms with Gasteiger partial charge in [0.2, 0.25) is 0 Å². The first-order chi connectivity index (χ1) is 11.5. The molecule has 2 aliphatic rings. The molecule has 0 bridgehead atoms. The molecule has 24 heavy (non-hydrogen) atoms. The minimum Gasteiger partial charge on any atom is -0.497 e.